The Morgan fingerprint density at radius 2 is 2.21 bits per heavy atom. The van der Waals surface area contributed by atoms with Gasteiger partial charge < -0.3 is 14.7 Å². The molecule has 0 aliphatic carbocycles. The molecule has 1 aliphatic heterocycles. The van der Waals surface area contributed by atoms with Gasteiger partial charge in [0.05, 0.1) is 5.02 Å². The van der Waals surface area contributed by atoms with Crippen molar-refractivity contribution in [1.29, 1.82) is 0 Å². The predicted octanol–water partition coefficient (Wildman–Crippen LogP) is 2.74. The number of amides is 2. The first-order valence-corrected chi connectivity index (χ1v) is 8.30. The molecule has 24 heavy (non-hydrogen) atoms. The number of carbonyl (C=O) groups is 2. The standard InChI is InChI=1S/C17H18ClN3O3/c18-13-6-2-1-5-12(13)15-11-14(20-24-15)17(23)19-8-4-10-21-9-3-7-16(21)22/h1-2,5-6,11H,3-4,7-10H2,(H,19,23). The molecule has 1 aliphatic rings. The highest BCUT2D eigenvalue weighted by Gasteiger charge is 2.19. The van der Waals surface area contributed by atoms with Gasteiger partial charge in [0.25, 0.3) is 5.91 Å². The first kappa shape index (κ1) is 16.5. The second kappa shape index (κ2) is 7.49. The van der Waals surface area contributed by atoms with Gasteiger partial charge in [-0.3, -0.25) is 9.59 Å². The molecule has 1 N–H and O–H groups in total. The van der Waals surface area contributed by atoms with Crippen molar-refractivity contribution in [2.45, 2.75) is 19.3 Å². The van der Waals surface area contributed by atoms with Crippen molar-refractivity contribution in [3.05, 3.63) is 41.0 Å². The smallest absolute Gasteiger partial charge is 0.273 e. The van der Waals surface area contributed by atoms with Gasteiger partial charge in [0, 0.05) is 37.7 Å². The highest BCUT2D eigenvalue weighted by atomic mass is 35.5. The van der Waals surface area contributed by atoms with Crippen molar-refractivity contribution in [2.24, 2.45) is 0 Å². The molecule has 1 saturated heterocycles. The van der Waals surface area contributed by atoms with Crippen LogP contribution in [0.2, 0.25) is 5.02 Å². The molecule has 7 heteroatoms. The Bertz CT molecular complexity index is 744. The van der Waals surface area contributed by atoms with E-state index in [0.29, 0.717) is 42.3 Å². The molecule has 6 nitrogen and oxygen atoms in total. The van der Waals surface area contributed by atoms with Crippen LogP contribution < -0.4 is 5.32 Å². The van der Waals surface area contributed by atoms with Crippen molar-refractivity contribution >= 4 is 23.4 Å². The number of carbonyl (C=O) groups excluding carboxylic acids is 2. The Morgan fingerprint density at radius 3 is 2.96 bits per heavy atom. The Kier molecular flexibility index (Phi) is 5.15. The zero-order valence-electron chi connectivity index (χ0n) is 13.1. The summed E-state index contributed by atoms with van der Waals surface area (Å²) in [7, 11) is 0. The monoisotopic (exact) mass is 347 g/mol. The number of halogens is 1. The Hall–Kier alpha value is -2.34. The van der Waals surface area contributed by atoms with E-state index in [-0.39, 0.29) is 17.5 Å². The maximum absolute atomic E-state index is 12.1. The first-order chi connectivity index (χ1) is 11.6. The normalized spacial score (nSPS) is 14.2. The van der Waals surface area contributed by atoms with E-state index in [1.54, 1.807) is 18.2 Å². The number of nitrogens with one attached hydrogen (secondary N) is 1. The van der Waals surface area contributed by atoms with Crippen LogP contribution in [0.25, 0.3) is 11.3 Å². The SMILES string of the molecule is O=C(NCCCN1CCCC1=O)c1cc(-c2ccccc2Cl)on1. The minimum atomic E-state index is -0.301. The van der Waals surface area contributed by atoms with Gasteiger partial charge in [-0.15, -0.1) is 0 Å². The summed E-state index contributed by atoms with van der Waals surface area (Å²) in [5, 5.41) is 7.11. The number of benzene rings is 1. The van der Waals surface area contributed by atoms with E-state index in [0.717, 1.165) is 13.0 Å². The summed E-state index contributed by atoms with van der Waals surface area (Å²) in [4.78, 5) is 25.4. The summed E-state index contributed by atoms with van der Waals surface area (Å²) in [6.07, 6.45) is 2.28. The molecule has 3 rings (SSSR count). The predicted molar refractivity (Wildman–Crippen MR) is 89.7 cm³/mol. The number of likely N-dealkylation sites (tertiary alicyclic amines) is 1. The second-order valence-corrected chi connectivity index (χ2v) is 6.06. The van der Waals surface area contributed by atoms with Gasteiger partial charge in [-0.25, -0.2) is 0 Å². The Morgan fingerprint density at radius 1 is 1.38 bits per heavy atom. The van der Waals surface area contributed by atoms with E-state index in [2.05, 4.69) is 10.5 Å². The Balaban J connectivity index is 1.51. The van der Waals surface area contributed by atoms with Gasteiger partial charge in [0.15, 0.2) is 11.5 Å². The molecule has 0 bridgehead atoms. The fourth-order valence-electron chi connectivity index (χ4n) is 2.67. The maximum atomic E-state index is 12.1. The lowest BCUT2D eigenvalue weighted by molar-refractivity contribution is -0.127. The summed E-state index contributed by atoms with van der Waals surface area (Å²) in [5.41, 5.74) is 0.903. The largest absolute Gasteiger partial charge is 0.355 e. The van der Waals surface area contributed by atoms with Crippen molar-refractivity contribution < 1.29 is 14.1 Å². The number of rotatable bonds is 6. The van der Waals surface area contributed by atoms with Crippen molar-refractivity contribution in [3.63, 3.8) is 0 Å². The van der Waals surface area contributed by atoms with Crippen LogP contribution in [0.3, 0.4) is 0 Å². The van der Waals surface area contributed by atoms with E-state index in [4.69, 9.17) is 16.1 Å². The average molecular weight is 348 g/mol. The summed E-state index contributed by atoms with van der Waals surface area (Å²) in [6, 6.07) is 8.78. The molecule has 126 valence electrons. The van der Waals surface area contributed by atoms with Crippen molar-refractivity contribution in [3.8, 4) is 11.3 Å². The van der Waals surface area contributed by atoms with Gasteiger partial charge in [-0.1, -0.05) is 28.9 Å². The molecule has 1 aromatic heterocycles. The summed E-state index contributed by atoms with van der Waals surface area (Å²) in [5.74, 6) is 0.348. The highest BCUT2D eigenvalue weighted by Crippen LogP contribution is 2.27. The number of hydrogen-bond acceptors (Lipinski definition) is 4. The molecule has 0 unspecified atom stereocenters. The summed E-state index contributed by atoms with van der Waals surface area (Å²) >= 11 is 6.10. The van der Waals surface area contributed by atoms with E-state index in [1.165, 1.54) is 0 Å². The van der Waals surface area contributed by atoms with E-state index < -0.39 is 0 Å². The quantitative estimate of drug-likeness (QED) is 0.815. The van der Waals surface area contributed by atoms with Crippen LogP contribution in [0.15, 0.2) is 34.9 Å². The number of hydrogen-bond donors (Lipinski definition) is 1. The van der Waals surface area contributed by atoms with Crippen LogP contribution in [0.1, 0.15) is 29.8 Å². The van der Waals surface area contributed by atoms with Gasteiger partial charge in [-0.05, 0) is 25.0 Å². The molecule has 1 fully saturated rings. The fraction of sp³-hybridized carbons (Fsp3) is 0.353. The average Bonchev–Trinajstić information content (AvgIpc) is 3.21. The van der Waals surface area contributed by atoms with Gasteiger partial charge in [0.2, 0.25) is 5.91 Å². The van der Waals surface area contributed by atoms with Crippen LogP contribution in [0.4, 0.5) is 0 Å². The van der Waals surface area contributed by atoms with E-state index in [1.807, 2.05) is 17.0 Å². The van der Waals surface area contributed by atoms with Crippen LogP contribution >= 0.6 is 11.6 Å². The van der Waals surface area contributed by atoms with Gasteiger partial charge in [-0.2, -0.15) is 0 Å². The van der Waals surface area contributed by atoms with E-state index in [9.17, 15) is 9.59 Å². The number of aromatic nitrogens is 1. The van der Waals surface area contributed by atoms with Gasteiger partial charge in [0.1, 0.15) is 0 Å². The highest BCUT2D eigenvalue weighted by molar-refractivity contribution is 6.33. The number of nitrogens with zero attached hydrogens (tertiary/aromatic N) is 2. The summed E-state index contributed by atoms with van der Waals surface area (Å²) in [6.45, 7) is 1.97. The van der Waals surface area contributed by atoms with E-state index >= 15 is 0 Å². The second-order valence-electron chi connectivity index (χ2n) is 5.65. The minimum Gasteiger partial charge on any atom is -0.355 e. The molecule has 0 radical (unpaired) electrons. The van der Waals surface area contributed by atoms with Gasteiger partial charge >= 0.3 is 0 Å². The van der Waals surface area contributed by atoms with Crippen LogP contribution in [0.5, 0.6) is 0 Å². The maximum Gasteiger partial charge on any atom is 0.273 e. The zero-order chi connectivity index (χ0) is 16.9. The molecular formula is C17H18ClN3O3. The lowest BCUT2D eigenvalue weighted by Crippen LogP contribution is -2.30. The third-order valence-corrected chi connectivity index (χ3v) is 4.27. The third-order valence-electron chi connectivity index (χ3n) is 3.94. The minimum absolute atomic E-state index is 0.196. The Labute approximate surface area is 144 Å². The zero-order valence-corrected chi connectivity index (χ0v) is 13.9. The van der Waals surface area contributed by atoms with Crippen LogP contribution in [0, 0.1) is 0 Å². The first-order valence-electron chi connectivity index (χ1n) is 7.93. The molecule has 1 aromatic carbocycles. The molecule has 0 spiro atoms. The van der Waals surface area contributed by atoms with Crippen molar-refractivity contribution in [2.75, 3.05) is 19.6 Å². The fourth-order valence-corrected chi connectivity index (χ4v) is 2.90. The van der Waals surface area contributed by atoms with Crippen LogP contribution in [-0.4, -0.2) is 41.5 Å². The third kappa shape index (κ3) is 3.76. The lowest BCUT2D eigenvalue weighted by atomic mass is 10.1. The molecule has 0 saturated carbocycles. The van der Waals surface area contributed by atoms with Crippen molar-refractivity contribution in [1.82, 2.24) is 15.4 Å². The summed E-state index contributed by atoms with van der Waals surface area (Å²) < 4.78 is 5.21. The molecule has 2 aromatic rings. The lowest BCUT2D eigenvalue weighted by Gasteiger charge is -2.14. The molecule has 2 heterocycles. The van der Waals surface area contributed by atoms with Crippen LogP contribution in [-0.2, 0) is 4.79 Å². The molecule has 0 atom stereocenters. The molecular weight excluding hydrogens is 330 g/mol. The topological polar surface area (TPSA) is 75.4 Å². The molecule has 2 amide bonds.